The summed E-state index contributed by atoms with van der Waals surface area (Å²) in [6.45, 7) is 6.81. The second-order valence-corrected chi connectivity index (χ2v) is 6.81. The van der Waals surface area contributed by atoms with E-state index in [0.29, 0.717) is 18.4 Å². The van der Waals surface area contributed by atoms with Crippen molar-refractivity contribution in [1.82, 2.24) is 24.6 Å². The van der Waals surface area contributed by atoms with Gasteiger partial charge in [0, 0.05) is 23.9 Å². The molecule has 27 heavy (non-hydrogen) atoms. The van der Waals surface area contributed by atoms with Crippen molar-refractivity contribution in [3.63, 3.8) is 0 Å². The zero-order valence-electron chi connectivity index (χ0n) is 15.7. The third-order valence-corrected chi connectivity index (χ3v) is 4.52. The number of hydrogen-bond donors (Lipinski definition) is 1. The van der Waals surface area contributed by atoms with E-state index in [1.807, 2.05) is 49.6 Å². The van der Waals surface area contributed by atoms with Crippen LogP contribution in [0.3, 0.4) is 0 Å². The highest BCUT2D eigenvalue weighted by molar-refractivity contribution is 5.64. The number of nitrogens with zero attached hydrogens (tertiary/aromatic N) is 5. The summed E-state index contributed by atoms with van der Waals surface area (Å²) in [6.07, 6.45) is 3.69. The van der Waals surface area contributed by atoms with Crippen molar-refractivity contribution in [1.29, 1.82) is 0 Å². The Balaban J connectivity index is 1.67. The van der Waals surface area contributed by atoms with Crippen molar-refractivity contribution < 1.29 is 0 Å². The molecule has 0 atom stereocenters. The molecular weight excluding hydrogens is 336 g/mol. The van der Waals surface area contributed by atoms with Gasteiger partial charge in [0.15, 0.2) is 5.65 Å². The molecule has 0 aliphatic heterocycles. The molecule has 6 nitrogen and oxygen atoms in total. The maximum Gasteiger partial charge on any atom is 0.227 e. The van der Waals surface area contributed by atoms with Gasteiger partial charge >= 0.3 is 0 Å². The molecule has 0 aliphatic rings. The molecule has 0 spiro atoms. The first-order chi connectivity index (χ1) is 13.1. The third kappa shape index (κ3) is 3.38. The van der Waals surface area contributed by atoms with Gasteiger partial charge in [-0.05, 0) is 30.5 Å². The predicted molar refractivity (Wildman–Crippen MR) is 107 cm³/mol. The fourth-order valence-electron chi connectivity index (χ4n) is 3.14. The van der Waals surface area contributed by atoms with Crippen molar-refractivity contribution in [3.8, 4) is 11.3 Å². The quantitative estimate of drug-likeness (QED) is 0.578. The molecule has 0 saturated carbocycles. The average molecular weight is 358 g/mol. The van der Waals surface area contributed by atoms with Crippen LogP contribution in [0.1, 0.15) is 36.7 Å². The van der Waals surface area contributed by atoms with Crippen molar-refractivity contribution in [2.24, 2.45) is 0 Å². The Morgan fingerprint density at radius 3 is 2.63 bits per heavy atom. The second-order valence-electron chi connectivity index (χ2n) is 6.81. The van der Waals surface area contributed by atoms with Crippen molar-refractivity contribution >= 4 is 11.6 Å². The van der Waals surface area contributed by atoms with Crippen LogP contribution in [0.15, 0.2) is 54.9 Å². The summed E-state index contributed by atoms with van der Waals surface area (Å²) in [4.78, 5) is 13.6. The van der Waals surface area contributed by atoms with Gasteiger partial charge in [-0.1, -0.05) is 44.2 Å². The zero-order chi connectivity index (χ0) is 18.8. The standard InChI is InChI=1S/C21H22N6/c1-14(2)18-13-24-27-20(18)25-15(3)26-21(27)23-12-16-8-4-5-9-17(16)19-10-6-7-11-22-19/h4-11,13-14H,12H2,1-3H3,(H,23,25,26). The average Bonchev–Trinajstić information content (AvgIpc) is 3.11. The number of nitrogens with one attached hydrogen (secondary N) is 1. The van der Waals surface area contributed by atoms with Crippen molar-refractivity contribution in [3.05, 3.63) is 71.8 Å². The highest BCUT2D eigenvalue weighted by Gasteiger charge is 2.14. The SMILES string of the molecule is Cc1nc(NCc2ccccc2-c2ccccn2)n2ncc(C(C)C)c2n1. The summed E-state index contributed by atoms with van der Waals surface area (Å²) in [5.74, 6) is 1.78. The van der Waals surface area contributed by atoms with E-state index in [0.717, 1.165) is 33.9 Å². The molecule has 0 aliphatic carbocycles. The molecule has 4 rings (SSSR count). The lowest BCUT2D eigenvalue weighted by molar-refractivity contribution is 0.852. The van der Waals surface area contributed by atoms with E-state index in [-0.39, 0.29) is 0 Å². The van der Waals surface area contributed by atoms with Gasteiger partial charge in [0.1, 0.15) is 5.82 Å². The predicted octanol–water partition coefficient (Wildman–Crippen LogP) is 4.23. The minimum atomic E-state index is 0.356. The topological polar surface area (TPSA) is 68.0 Å². The van der Waals surface area contributed by atoms with Crippen LogP contribution < -0.4 is 5.32 Å². The first kappa shape index (κ1) is 17.1. The molecule has 1 aromatic carbocycles. The minimum Gasteiger partial charge on any atom is -0.350 e. The van der Waals surface area contributed by atoms with Crippen LogP contribution in [-0.4, -0.2) is 24.6 Å². The van der Waals surface area contributed by atoms with Crippen LogP contribution in [0.4, 0.5) is 5.95 Å². The van der Waals surface area contributed by atoms with E-state index in [9.17, 15) is 0 Å². The Bertz CT molecular complexity index is 1070. The molecule has 0 saturated heterocycles. The molecule has 0 unspecified atom stereocenters. The van der Waals surface area contributed by atoms with Gasteiger partial charge in [-0.15, -0.1) is 0 Å². The Morgan fingerprint density at radius 1 is 1.04 bits per heavy atom. The van der Waals surface area contributed by atoms with Gasteiger partial charge in [0.2, 0.25) is 5.95 Å². The Labute approximate surface area is 158 Å². The number of anilines is 1. The van der Waals surface area contributed by atoms with E-state index < -0.39 is 0 Å². The number of hydrogen-bond acceptors (Lipinski definition) is 5. The number of rotatable bonds is 5. The molecule has 1 N–H and O–H groups in total. The van der Waals surface area contributed by atoms with Crippen LogP contribution in [0.5, 0.6) is 0 Å². The normalized spacial score (nSPS) is 11.3. The first-order valence-corrected chi connectivity index (χ1v) is 9.09. The Kier molecular flexibility index (Phi) is 4.54. The molecule has 3 aromatic heterocycles. The number of pyridine rings is 1. The number of fused-ring (bicyclic) bond motifs is 1. The van der Waals surface area contributed by atoms with E-state index in [1.54, 1.807) is 4.52 Å². The third-order valence-electron chi connectivity index (χ3n) is 4.52. The number of aromatic nitrogens is 5. The van der Waals surface area contributed by atoms with Crippen LogP contribution in [0.25, 0.3) is 16.9 Å². The summed E-state index contributed by atoms with van der Waals surface area (Å²) in [6, 6.07) is 14.2. The lowest BCUT2D eigenvalue weighted by Crippen LogP contribution is -2.10. The molecule has 0 amide bonds. The van der Waals surface area contributed by atoms with Crippen molar-refractivity contribution in [2.45, 2.75) is 33.2 Å². The van der Waals surface area contributed by atoms with Gasteiger partial charge in [0.25, 0.3) is 0 Å². The van der Waals surface area contributed by atoms with E-state index in [1.165, 1.54) is 0 Å². The highest BCUT2D eigenvalue weighted by Crippen LogP contribution is 2.24. The summed E-state index contributed by atoms with van der Waals surface area (Å²) < 4.78 is 1.78. The molecule has 3 heterocycles. The fourth-order valence-corrected chi connectivity index (χ4v) is 3.14. The fraction of sp³-hybridized carbons (Fsp3) is 0.238. The van der Waals surface area contributed by atoms with E-state index in [4.69, 9.17) is 0 Å². The highest BCUT2D eigenvalue weighted by atomic mass is 15.3. The van der Waals surface area contributed by atoms with Gasteiger partial charge in [0.05, 0.1) is 11.9 Å². The minimum absolute atomic E-state index is 0.356. The van der Waals surface area contributed by atoms with Gasteiger partial charge < -0.3 is 5.32 Å². The maximum atomic E-state index is 4.58. The van der Waals surface area contributed by atoms with Gasteiger partial charge in [-0.3, -0.25) is 4.98 Å². The summed E-state index contributed by atoms with van der Waals surface area (Å²) in [7, 11) is 0. The molecule has 6 heteroatoms. The van der Waals surface area contributed by atoms with Crippen LogP contribution in [-0.2, 0) is 6.54 Å². The molecule has 4 aromatic rings. The smallest absolute Gasteiger partial charge is 0.227 e. The second kappa shape index (κ2) is 7.15. The lowest BCUT2D eigenvalue weighted by Gasteiger charge is -2.12. The Hall–Kier alpha value is -3.28. The maximum absolute atomic E-state index is 4.58. The van der Waals surface area contributed by atoms with E-state index in [2.05, 4.69) is 51.3 Å². The monoisotopic (exact) mass is 358 g/mol. The Morgan fingerprint density at radius 2 is 1.85 bits per heavy atom. The van der Waals surface area contributed by atoms with E-state index >= 15 is 0 Å². The lowest BCUT2D eigenvalue weighted by atomic mass is 10.0. The number of benzene rings is 1. The summed E-state index contributed by atoms with van der Waals surface area (Å²) in [5, 5.41) is 7.92. The summed E-state index contributed by atoms with van der Waals surface area (Å²) in [5.41, 5.74) is 5.20. The molecular formula is C21H22N6. The van der Waals surface area contributed by atoms with Crippen LogP contribution in [0.2, 0.25) is 0 Å². The van der Waals surface area contributed by atoms with Gasteiger partial charge in [-0.25, -0.2) is 4.98 Å². The molecule has 0 fully saturated rings. The molecule has 0 radical (unpaired) electrons. The largest absolute Gasteiger partial charge is 0.350 e. The molecule has 136 valence electrons. The van der Waals surface area contributed by atoms with Crippen LogP contribution >= 0.6 is 0 Å². The van der Waals surface area contributed by atoms with Crippen LogP contribution in [0, 0.1) is 6.92 Å². The van der Waals surface area contributed by atoms with Crippen molar-refractivity contribution in [2.75, 3.05) is 5.32 Å². The first-order valence-electron chi connectivity index (χ1n) is 9.09. The zero-order valence-corrected chi connectivity index (χ0v) is 15.7. The number of aryl methyl sites for hydroxylation is 1. The summed E-state index contributed by atoms with van der Waals surface area (Å²) >= 11 is 0. The molecule has 0 bridgehead atoms. The van der Waals surface area contributed by atoms with Gasteiger partial charge in [-0.2, -0.15) is 14.6 Å².